The van der Waals surface area contributed by atoms with Gasteiger partial charge in [0, 0.05) is 45.8 Å². The van der Waals surface area contributed by atoms with Crippen LogP contribution in [-0.4, -0.2) is 75.7 Å². The van der Waals surface area contributed by atoms with Crippen LogP contribution in [0.1, 0.15) is 48.5 Å². The Morgan fingerprint density at radius 1 is 0.438 bits per heavy atom. The van der Waals surface area contributed by atoms with Gasteiger partial charge in [0.2, 0.25) is 35.7 Å². The van der Waals surface area contributed by atoms with Gasteiger partial charge >= 0.3 is 0 Å². The summed E-state index contributed by atoms with van der Waals surface area (Å²) in [6, 6.07) is 0. The van der Waals surface area contributed by atoms with Gasteiger partial charge in [0.25, 0.3) is 0 Å². The minimum Gasteiger partial charge on any atom is -0.354 e. The van der Waals surface area contributed by atoms with Crippen molar-refractivity contribution in [1.82, 2.24) is 29.9 Å². The zero-order chi connectivity index (χ0) is 23.8. The maximum absolute atomic E-state index is 4.40. The molecule has 0 aliphatic carbocycles. The highest BCUT2D eigenvalue weighted by Crippen LogP contribution is 2.13. The van der Waals surface area contributed by atoms with Crippen LogP contribution in [0.5, 0.6) is 0 Å². The molecule has 32 heavy (non-hydrogen) atoms. The van der Waals surface area contributed by atoms with Gasteiger partial charge in [0.15, 0.2) is 0 Å². The summed E-state index contributed by atoms with van der Waals surface area (Å²) in [6.45, 7) is 20.0. The zero-order valence-corrected chi connectivity index (χ0v) is 20.6. The average Bonchev–Trinajstić information content (AvgIpc) is 2.76. The third-order valence-electron chi connectivity index (χ3n) is 3.98. The molecule has 12 heteroatoms. The summed E-state index contributed by atoms with van der Waals surface area (Å²) in [7, 11) is 0. The summed E-state index contributed by atoms with van der Waals surface area (Å²) in [5.74, 6) is 3.76. The molecule has 0 aliphatic heterocycles. The number of anilines is 6. The number of hydrogen-bond acceptors (Lipinski definition) is 12. The molecule has 0 fully saturated rings. The predicted molar refractivity (Wildman–Crippen MR) is 134 cm³/mol. The molecular formula is C20H40N12. The van der Waals surface area contributed by atoms with Crippen LogP contribution < -0.4 is 31.5 Å². The highest BCUT2D eigenvalue weighted by Gasteiger charge is 2.10. The van der Waals surface area contributed by atoms with E-state index in [1.54, 1.807) is 0 Å². The Labute approximate surface area is 191 Å². The Kier molecular flexibility index (Phi) is 13.1. The fraction of sp³-hybridized carbons (Fsp3) is 0.700. The lowest BCUT2D eigenvalue weighted by atomic mass is 10.5. The van der Waals surface area contributed by atoms with Crippen LogP contribution in [0, 0.1) is 0 Å². The van der Waals surface area contributed by atoms with Gasteiger partial charge < -0.3 is 31.5 Å². The standard InChI is InChI=1S/C11H22N6.C9H18N6/c1-5-12-9-14-10(13-6-2)16-11(15-9)17(7-3)8-4;1-4-10-7-13-8(11-5-2)15-9(14-7)12-6-3/h5-8H2,1-4H3,(H2,12,13,14,15,16);4-6H2,1-3H3,(H3,10,11,12,13,14,15). The second-order valence-corrected chi connectivity index (χ2v) is 6.41. The number of nitrogens with one attached hydrogen (secondary N) is 5. The molecule has 2 rings (SSSR count). The minimum absolute atomic E-state index is 0.597. The number of aromatic nitrogens is 6. The SMILES string of the molecule is CCNc1nc(NCC)nc(N(CC)CC)n1.CCNc1nc(NCC)nc(NCC)n1. The normalized spacial score (nSPS) is 9.97. The summed E-state index contributed by atoms with van der Waals surface area (Å²) in [5.41, 5.74) is 0. The smallest absolute Gasteiger partial charge is 0.231 e. The molecule has 0 radical (unpaired) electrons. The zero-order valence-electron chi connectivity index (χ0n) is 20.6. The van der Waals surface area contributed by atoms with E-state index in [-0.39, 0.29) is 0 Å². The van der Waals surface area contributed by atoms with Crippen molar-refractivity contribution in [3.05, 3.63) is 0 Å². The van der Waals surface area contributed by atoms with E-state index >= 15 is 0 Å². The maximum atomic E-state index is 4.40. The predicted octanol–water partition coefficient (Wildman–Crippen LogP) is 2.75. The molecule has 0 atom stereocenters. The van der Waals surface area contributed by atoms with Gasteiger partial charge in [-0.05, 0) is 48.5 Å². The molecule has 0 unspecified atom stereocenters. The summed E-state index contributed by atoms with van der Waals surface area (Å²) in [4.78, 5) is 27.8. The van der Waals surface area contributed by atoms with Crippen molar-refractivity contribution in [2.45, 2.75) is 48.5 Å². The molecule has 2 aromatic heterocycles. The third-order valence-corrected chi connectivity index (χ3v) is 3.98. The Bertz CT molecular complexity index is 682. The molecular weight excluding hydrogens is 408 g/mol. The summed E-state index contributed by atoms with van der Waals surface area (Å²) >= 11 is 0. The molecule has 2 heterocycles. The van der Waals surface area contributed by atoms with Crippen molar-refractivity contribution in [3.8, 4) is 0 Å². The summed E-state index contributed by atoms with van der Waals surface area (Å²) in [5, 5.41) is 15.4. The number of nitrogens with zero attached hydrogens (tertiary/aromatic N) is 7. The molecule has 0 saturated carbocycles. The van der Waals surface area contributed by atoms with Crippen molar-refractivity contribution in [1.29, 1.82) is 0 Å². The third kappa shape index (κ3) is 9.31. The van der Waals surface area contributed by atoms with Gasteiger partial charge in [0.05, 0.1) is 0 Å². The van der Waals surface area contributed by atoms with E-state index in [1.165, 1.54) is 0 Å². The lowest BCUT2D eigenvalue weighted by Gasteiger charge is -2.19. The molecule has 0 spiro atoms. The van der Waals surface area contributed by atoms with E-state index in [0.29, 0.717) is 29.7 Å². The highest BCUT2D eigenvalue weighted by atomic mass is 15.3. The van der Waals surface area contributed by atoms with Gasteiger partial charge in [-0.3, -0.25) is 0 Å². The van der Waals surface area contributed by atoms with Crippen molar-refractivity contribution in [3.63, 3.8) is 0 Å². The van der Waals surface area contributed by atoms with E-state index < -0.39 is 0 Å². The average molecular weight is 449 g/mol. The Morgan fingerprint density at radius 2 is 0.688 bits per heavy atom. The Balaban J connectivity index is 0.000000323. The first-order valence-electron chi connectivity index (χ1n) is 11.5. The van der Waals surface area contributed by atoms with Gasteiger partial charge in [-0.2, -0.15) is 29.9 Å². The molecule has 180 valence electrons. The second kappa shape index (κ2) is 15.6. The van der Waals surface area contributed by atoms with Crippen molar-refractivity contribution in [2.75, 3.05) is 77.3 Å². The highest BCUT2D eigenvalue weighted by molar-refractivity contribution is 5.44. The fourth-order valence-corrected chi connectivity index (χ4v) is 2.57. The lowest BCUT2D eigenvalue weighted by Crippen LogP contribution is -2.25. The first-order valence-corrected chi connectivity index (χ1v) is 11.5. The quantitative estimate of drug-likeness (QED) is 0.307. The largest absolute Gasteiger partial charge is 0.354 e. The van der Waals surface area contributed by atoms with Crippen LogP contribution in [0.15, 0.2) is 0 Å². The molecule has 0 aromatic carbocycles. The molecule has 2 aromatic rings. The van der Waals surface area contributed by atoms with Crippen molar-refractivity contribution in [2.24, 2.45) is 0 Å². The number of rotatable bonds is 13. The van der Waals surface area contributed by atoms with Crippen LogP contribution in [0.25, 0.3) is 0 Å². The summed E-state index contributed by atoms with van der Waals surface area (Å²) < 4.78 is 0. The lowest BCUT2D eigenvalue weighted by molar-refractivity contribution is 0.812. The van der Waals surface area contributed by atoms with Crippen molar-refractivity contribution < 1.29 is 0 Å². The fourth-order valence-electron chi connectivity index (χ4n) is 2.57. The molecule has 12 nitrogen and oxygen atoms in total. The Morgan fingerprint density at radius 3 is 0.906 bits per heavy atom. The summed E-state index contributed by atoms with van der Waals surface area (Å²) in [6.07, 6.45) is 0. The van der Waals surface area contributed by atoms with E-state index in [9.17, 15) is 0 Å². The van der Waals surface area contributed by atoms with Gasteiger partial charge in [0.1, 0.15) is 0 Å². The topological polar surface area (TPSA) is 141 Å². The first kappa shape index (κ1) is 26.9. The second-order valence-electron chi connectivity index (χ2n) is 6.41. The van der Waals surface area contributed by atoms with Crippen LogP contribution in [0.3, 0.4) is 0 Å². The molecule has 0 saturated heterocycles. The van der Waals surface area contributed by atoms with Crippen LogP contribution in [0.2, 0.25) is 0 Å². The number of hydrogen-bond donors (Lipinski definition) is 5. The van der Waals surface area contributed by atoms with E-state index in [4.69, 9.17) is 0 Å². The van der Waals surface area contributed by atoms with Crippen LogP contribution in [0.4, 0.5) is 35.7 Å². The first-order chi connectivity index (χ1) is 15.5. The molecule has 0 bridgehead atoms. The van der Waals surface area contributed by atoms with E-state index in [0.717, 1.165) is 51.8 Å². The van der Waals surface area contributed by atoms with E-state index in [2.05, 4.69) is 75.2 Å². The van der Waals surface area contributed by atoms with Gasteiger partial charge in [-0.1, -0.05) is 0 Å². The van der Waals surface area contributed by atoms with Crippen molar-refractivity contribution >= 4 is 35.7 Å². The van der Waals surface area contributed by atoms with Crippen LogP contribution in [-0.2, 0) is 0 Å². The van der Waals surface area contributed by atoms with Crippen LogP contribution >= 0.6 is 0 Å². The Hall–Kier alpha value is -3.18. The monoisotopic (exact) mass is 448 g/mol. The molecule has 5 N–H and O–H groups in total. The van der Waals surface area contributed by atoms with E-state index in [1.807, 2.05) is 34.6 Å². The van der Waals surface area contributed by atoms with Gasteiger partial charge in [-0.15, -0.1) is 0 Å². The minimum atomic E-state index is 0.597. The van der Waals surface area contributed by atoms with Gasteiger partial charge in [-0.25, -0.2) is 0 Å². The molecule has 0 amide bonds. The molecule has 0 aliphatic rings. The maximum Gasteiger partial charge on any atom is 0.231 e.